The van der Waals surface area contributed by atoms with Gasteiger partial charge in [0.05, 0.1) is 11.9 Å². The van der Waals surface area contributed by atoms with E-state index in [1.54, 1.807) is 6.20 Å². The second-order valence-corrected chi connectivity index (χ2v) is 6.88. The third-order valence-corrected chi connectivity index (χ3v) is 5.37. The maximum atomic E-state index is 11.7. The molecule has 25 heavy (non-hydrogen) atoms. The lowest BCUT2D eigenvalue weighted by atomic mass is 10.0. The zero-order valence-corrected chi connectivity index (χ0v) is 15.6. The van der Waals surface area contributed by atoms with Crippen molar-refractivity contribution < 1.29 is 0 Å². The predicted octanol–water partition coefficient (Wildman–Crippen LogP) is 2.65. The highest BCUT2D eigenvalue weighted by Gasteiger charge is 2.29. The van der Waals surface area contributed by atoms with Crippen molar-refractivity contribution >= 4 is 17.3 Å². The summed E-state index contributed by atoms with van der Waals surface area (Å²) < 4.78 is 0. The highest BCUT2D eigenvalue weighted by molar-refractivity contribution is 6.33. The molecule has 2 aromatic rings. The number of rotatable bonds is 4. The molecule has 2 atom stereocenters. The molecule has 3 heterocycles. The zero-order chi connectivity index (χ0) is 18.0. The summed E-state index contributed by atoms with van der Waals surface area (Å²) in [5.41, 5.74) is 2.82. The Morgan fingerprint density at radius 2 is 2.24 bits per heavy atom. The van der Waals surface area contributed by atoms with E-state index in [0.717, 1.165) is 31.7 Å². The Morgan fingerprint density at radius 1 is 1.44 bits per heavy atom. The average molecular weight is 362 g/mol. The Morgan fingerprint density at radius 3 is 2.96 bits per heavy atom. The van der Waals surface area contributed by atoms with Crippen LogP contribution < -0.4 is 10.5 Å². The van der Waals surface area contributed by atoms with Crippen molar-refractivity contribution in [1.29, 1.82) is 0 Å². The van der Waals surface area contributed by atoms with Gasteiger partial charge in [-0.1, -0.05) is 24.6 Å². The first-order valence-electron chi connectivity index (χ1n) is 8.70. The van der Waals surface area contributed by atoms with Gasteiger partial charge in [0, 0.05) is 43.6 Å². The lowest BCUT2D eigenvalue weighted by molar-refractivity contribution is 0.174. The third kappa shape index (κ3) is 3.55. The molecule has 0 saturated carbocycles. The molecule has 3 rings (SSSR count). The highest BCUT2D eigenvalue weighted by atomic mass is 35.5. The molecule has 0 unspecified atom stereocenters. The number of anilines is 1. The topological polar surface area (TPSA) is 65.1 Å². The molecule has 0 bridgehead atoms. The number of aromatic amines is 1. The monoisotopic (exact) mass is 361 g/mol. The maximum Gasteiger partial charge on any atom is 0.285 e. The number of pyridine rings is 1. The van der Waals surface area contributed by atoms with Crippen molar-refractivity contribution in [2.75, 3.05) is 24.5 Å². The molecule has 1 saturated heterocycles. The molecule has 134 valence electrons. The molecule has 1 aliphatic heterocycles. The lowest BCUT2D eigenvalue weighted by Crippen LogP contribution is -2.53. The van der Waals surface area contributed by atoms with E-state index in [2.05, 4.69) is 51.8 Å². The minimum absolute atomic E-state index is 0.212. The van der Waals surface area contributed by atoms with E-state index in [4.69, 9.17) is 11.6 Å². The minimum atomic E-state index is -0.342. The van der Waals surface area contributed by atoms with Gasteiger partial charge in [0.15, 0.2) is 0 Å². The number of hydrogen-bond donors (Lipinski definition) is 1. The van der Waals surface area contributed by atoms with Gasteiger partial charge in [-0.15, -0.1) is 0 Å². The van der Waals surface area contributed by atoms with Crippen LogP contribution in [-0.4, -0.2) is 45.8 Å². The van der Waals surface area contributed by atoms with Gasteiger partial charge >= 0.3 is 0 Å². The van der Waals surface area contributed by atoms with E-state index in [1.165, 1.54) is 5.56 Å². The molecular formula is C18H24ClN5O. The number of halogens is 1. The Hall–Kier alpha value is -1.92. The molecule has 7 heteroatoms. The van der Waals surface area contributed by atoms with Crippen LogP contribution in [0, 0.1) is 0 Å². The normalized spacial score (nSPS) is 19.8. The lowest BCUT2D eigenvalue weighted by Gasteiger charge is -2.43. The molecule has 2 aromatic heterocycles. The van der Waals surface area contributed by atoms with Crippen LogP contribution in [0.5, 0.6) is 0 Å². The van der Waals surface area contributed by atoms with Crippen LogP contribution in [0.2, 0.25) is 5.02 Å². The predicted molar refractivity (Wildman–Crippen MR) is 100 cm³/mol. The summed E-state index contributed by atoms with van der Waals surface area (Å²) in [6, 6.07) is 4.72. The third-order valence-electron chi connectivity index (χ3n) is 5.00. The van der Waals surface area contributed by atoms with Crippen molar-refractivity contribution in [2.24, 2.45) is 0 Å². The molecule has 0 aromatic carbocycles. The van der Waals surface area contributed by atoms with Crippen LogP contribution in [0.3, 0.4) is 0 Å². The number of H-pyrrole nitrogens is 1. The van der Waals surface area contributed by atoms with Gasteiger partial charge in [-0.25, -0.2) is 5.10 Å². The second kappa shape index (κ2) is 7.54. The van der Waals surface area contributed by atoms with Crippen molar-refractivity contribution in [2.45, 2.75) is 39.3 Å². The molecule has 1 N–H and O–H groups in total. The van der Waals surface area contributed by atoms with Gasteiger partial charge in [-0.3, -0.25) is 14.7 Å². The molecule has 1 fully saturated rings. The van der Waals surface area contributed by atoms with Crippen LogP contribution in [0.25, 0.3) is 0 Å². The van der Waals surface area contributed by atoms with E-state index in [9.17, 15) is 4.79 Å². The number of aromatic nitrogens is 3. The summed E-state index contributed by atoms with van der Waals surface area (Å²) in [4.78, 5) is 20.9. The molecule has 0 spiro atoms. The van der Waals surface area contributed by atoms with E-state index in [-0.39, 0.29) is 16.6 Å². The summed E-state index contributed by atoms with van der Waals surface area (Å²) in [5, 5.41) is 6.48. The van der Waals surface area contributed by atoms with Crippen molar-refractivity contribution in [3.63, 3.8) is 0 Å². The summed E-state index contributed by atoms with van der Waals surface area (Å²) in [6.45, 7) is 9.12. The molecule has 1 aliphatic rings. The summed E-state index contributed by atoms with van der Waals surface area (Å²) in [5.74, 6) is 0. The van der Waals surface area contributed by atoms with Crippen LogP contribution in [-0.2, 0) is 6.42 Å². The summed E-state index contributed by atoms with van der Waals surface area (Å²) >= 11 is 6.18. The molecule has 0 radical (unpaired) electrons. The Balaban J connectivity index is 1.77. The minimum Gasteiger partial charge on any atom is -0.364 e. The molecule has 0 aliphatic carbocycles. The molecule has 0 amide bonds. The summed E-state index contributed by atoms with van der Waals surface area (Å²) in [6.07, 6.45) is 4.43. The van der Waals surface area contributed by atoms with Crippen molar-refractivity contribution in [1.82, 2.24) is 20.1 Å². The number of nitrogens with one attached hydrogen (secondary N) is 1. The van der Waals surface area contributed by atoms with E-state index < -0.39 is 0 Å². The Labute approximate surface area is 152 Å². The Kier molecular flexibility index (Phi) is 5.39. The van der Waals surface area contributed by atoms with Crippen LogP contribution in [0.15, 0.2) is 29.3 Å². The fourth-order valence-electron chi connectivity index (χ4n) is 3.59. The van der Waals surface area contributed by atoms with Crippen LogP contribution in [0.4, 0.5) is 5.69 Å². The van der Waals surface area contributed by atoms with E-state index in [1.807, 2.05) is 12.3 Å². The fourth-order valence-corrected chi connectivity index (χ4v) is 3.79. The zero-order valence-electron chi connectivity index (χ0n) is 14.9. The number of piperazine rings is 1. The average Bonchev–Trinajstić information content (AvgIpc) is 2.63. The standard InChI is InChI=1S/C18H24ClN5O/c1-4-15-14(6-5-7-20-15)13(3)23-8-9-24(12(2)11-23)16-10-21-22-18(25)17(16)19/h5-7,10,12-13H,4,8-9,11H2,1-3H3,(H,22,25)/t12-,13+/m1/s1. The van der Waals surface area contributed by atoms with Gasteiger partial charge in [-0.2, -0.15) is 5.10 Å². The van der Waals surface area contributed by atoms with Gasteiger partial charge in [0.1, 0.15) is 5.02 Å². The highest BCUT2D eigenvalue weighted by Crippen LogP contribution is 2.29. The largest absolute Gasteiger partial charge is 0.364 e. The van der Waals surface area contributed by atoms with Crippen LogP contribution in [0.1, 0.15) is 38.1 Å². The van der Waals surface area contributed by atoms with Gasteiger partial charge < -0.3 is 4.90 Å². The smallest absolute Gasteiger partial charge is 0.285 e. The van der Waals surface area contributed by atoms with Gasteiger partial charge in [0.2, 0.25) is 0 Å². The number of aryl methyl sites for hydroxylation is 1. The number of hydrogen-bond acceptors (Lipinski definition) is 5. The van der Waals surface area contributed by atoms with Crippen molar-refractivity contribution in [3.8, 4) is 0 Å². The van der Waals surface area contributed by atoms with E-state index >= 15 is 0 Å². The fraction of sp³-hybridized carbons (Fsp3) is 0.500. The SMILES string of the molecule is CCc1ncccc1[C@H](C)N1CCN(c2cn[nH]c(=O)c2Cl)[C@H](C)C1. The number of nitrogens with zero attached hydrogens (tertiary/aromatic N) is 4. The molecule has 6 nitrogen and oxygen atoms in total. The first-order chi connectivity index (χ1) is 12.0. The first kappa shape index (κ1) is 17.9. The van der Waals surface area contributed by atoms with Crippen LogP contribution >= 0.6 is 11.6 Å². The van der Waals surface area contributed by atoms with Gasteiger partial charge in [-0.05, 0) is 31.9 Å². The first-order valence-corrected chi connectivity index (χ1v) is 9.08. The quantitative estimate of drug-likeness (QED) is 0.906. The van der Waals surface area contributed by atoms with E-state index in [0.29, 0.717) is 11.7 Å². The molecular weight excluding hydrogens is 338 g/mol. The maximum absolute atomic E-state index is 11.7. The second-order valence-electron chi connectivity index (χ2n) is 6.50. The van der Waals surface area contributed by atoms with Crippen molar-refractivity contribution in [3.05, 3.63) is 51.2 Å². The summed E-state index contributed by atoms with van der Waals surface area (Å²) in [7, 11) is 0. The Bertz CT molecular complexity index is 793. The van der Waals surface area contributed by atoms with Gasteiger partial charge in [0.25, 0.3) is 5.56 Å².